The van der Waals surface area contributed by atoms with Crippen molar-refractivity contribution in [2.75, 3.05) is 0 Å². The Hall–Kier alpha value is -9.20. The number of rotatable bonds is 12. The van der Waals surface area contributed by atoms with E-state index in [2.05, 4.69) is 140 Å². The van der Waals surface area contributed by atoms with Crippen LogP contribution in [0, 0.1) is 18.2 Å². The molecule has 0 saturated carbocycles. The zero-order valence-electron chi connectivity index (χ0n) is 41.4. The van der Waals surface area contributed by atoms with Crippen molar-refractivity contribution in [3.05, 3.63) is 280 Å². The van der Waals surface area contributed by atoms with Crippen molar-refractivity contribution in [1.82, 2.24) is 15.0 Å². The molecule has 368 valence electrons. The van der Waals surface area contributed by atoms with Gasteiger partial charge in [0.05, 0.1) is 0 Å². The molecule has 0 fully saturated rings. The second kappa shape index (κ2) is 21.2. The van der Waals surface area contributed by atoms with E-state index in [0.717, 1.165) is 78.0 Å². The number of nitrogens with zero attached hydrogens (tertiary/aromatic N) is 3. The maximum atomic E-state index is 13.2. The van der Waals surface area contributed by atoms with Crippen LogP contribution in [0.4, 0.5) is 0 Å². The summed E-state index contributed by atoms with van der Waals surface area (Å²) >= 11 is 0. The molecule has 0 atom stereocenters. The van der Waals surface area contributed by atoms with Crippen molar-refractivity contribution in [2.24, 2.45) is 0 Å². The van der Waals surface area contributed by atoms with Gasteiger partial charge in [0.25, 0.3) is 0 Å². The van der Waals surface area contributed by atoms with Crippen LogP contribution >= 0.6 is 0 Å². The molecule has 0 saturated heterocycles. The smallest absolute Gasteiger partial charge is 0.472 e. The summed E-state index contributed by atoms with van der Waals surface area (Å²) in [5.41, 5.74) is 18.0. The minimum absolute atomic E-state index is 0. The van der Waals surface area contributed by atoms with E-state index in [0.29, 0.717) is 69.4 Å². The number of fused-ring (bicyclic) bond motifs is 6. The van der Waals surface area contributed by atoms with Crippen LogP contribution in [0.25, 0.3) is 111 Å². The fourth-order valence-electron chi connectivity index (χ4n) is 10.4. The Morgan fingerprint density at radius 3 is 1.42 bits per heavy atom. The largest absolute Gasteiger partial charge is 3.00 e. The molecule has 0 aliphatic carbocycles. The van der Waals surface area contributed by atoms with E-state index in [-0.39, 0.29) is 20.1 Å². The second-order valence-electron chi connectivity index (χ2n) is 19.1. The molecule has 0 N–H and O–H groups in total. The van der Waals surface area contributed by atoms with Gasteiger partial charge in [-0.3, -0.25) is 0 Å². The maximum Gasteiger partial charge on any atom is 3.00 e. The molecule has 0 radical (unpaired) electrons. The van der Waals surface area contributed by atoms with Gasteiger partial charge in [-0.05, 0) is 104 Å². The Bertz CT molecular complexity index is 4290. The molecule has 7 nitrogen and oxygen atoms in total. The minimum atomic E-state index is -0.418. The van der Waals surface area contributed by atoms with E-state index in [4.69, 9.17) is 23.8 Å². The Morgan fingerprint density at radius 1 is 0.364 bits per heavy atom. The van der Waals surface area contributed by atoms with Gasteiger partial charge in [-0.1, -0.05) is 150 Å². The second-order valence-corrected chi connectivity index (χ2v) is 19.1. The molecule has 0 unspecified atom stereocenters. The van der Waals surface area contributed by atoms with Crippen molar-refractivity contribution in [2.45, 2.75) is 25.7 Å². The van der Waals surface area contributed by atoms with E-state index in [1.165, 1.54) is 11.1 Å². The van der Waals surface area contributed by atoms with Crippen LogP contribution < -0.4 is 11.3 Å². The number of aromatic nitrogens is 3. The zero-order valence-corrected chi connectivity index (χ0v) is 43.8. The van der Waals surface area contributed by atoms with Gasteiger partial charge in [0, 0.05) is 57.1 Å². The van der Waals surface area contributed by atoms with Crippen LogP contribution in [0.1, 0.15) is 22.3 Å². The molecule has 5 heterocycles. The first kappa shape index (κ1) is 48.7. The summed E-state index contributed by atoms with van der Waals surface area (Å²) in [6.45, 7) is 0. The predicted octanol–water partition coefficient (Wildman–Crippen LogP) is 15.4. The molecule has 0 aliphatic rings. The third-order valence-corrected chi connectivity index (χ3v) is 14.2. The summed E-state index contributed by atoms with van der Waals surface area (Å²) in [7, 11) is 0. The maximum absolute atomic E-state index is 13.2. The number of benzene rings is 8. The first-order valence-corrected chi connectivity index (χ1v) is 25.4. The molecular formula is C69H44IrN3O4. The van der Waals surface area contributed by atoms with Crippen molar-refractivity contribution < 1.29 is 28.9 Å². The van der Waals surface area contributed by atoms with E-state index in [1.54, 1.807) is 36.4 Å². The molecule has 5 aromatic heterocycles. The van der Waals surface area contributed by atoms with Gasteiger partial charge in [0.2, 0.25) is 0 Å². The van der Waals surface area contributed by atoms with Crippen molar-refractivity contribution >= 4 is 43.7 Å². The summed E-state index contributed by atoms with van der Waals surface area (Å²) in [4.78, 5) is 41.1. The first-order valence-electron chi connectivity index (χ1n) is 25.4. The molecule has 0 spiro atoms. The molecule has 77 heavy (non-hydrogen) atoms. The topological polar surface area (TPSA) is 99.1 Å². The molecule has 8 heteroatoms. The molecule has 0 bridgehead atoms. The van der Waals surface area contributed by atoms with Gasteiger partial charge in [-0.15, -0.1) is 84.4 Å². The SMILES string of the molecule is O=c1oc2ccc[c-]c2c2ncc(CCc3cc(CCc4cnc5c(c4)c(=O)oc4ccc[c-]c45)cc(-c4ccccc4-c4cnc(-c5[c-]cccc5)cc4-c4ccc(-c5ccc(-c6ccccc6)cc5)cc4)c3)cc12.[Ir+3]. The van der Waals surface area contributed by atoms with Crippen molar-refractivity contribution in [1.29, 1.82) is 0 Å². The third-order valence-electron chi connectivity index (χ3n) is 14.2. The number of aryl methyl sites for hydroxylation is 4. The predicted molar refractivity (Wildman–Crippen MR) is 304 cm³/mol. The summed E-state index contributed by atoms with van der Waals surface area (Å²) in [5.74, 6) is 0. The van der Waals surface area contributed by atoms with E-state index in [1.807, 2.05) is 61.1 Å². The molecule has 13 rings (SSSR count). The van der Waals surface area contributed by atoms with Crippen LogP contribution in [-0.2, 0) is 45.8 Å². The van der Waals surface area contributed by atoms with Gasteiger partial charge in [-0.25, -0.2) is 9.59 Å². The van der Waals surface area contributed by atoms with Gasteiger partial charge in [0.1, 0.15) is 0 Å². The number of hydrogen-bond donors (Lipinski definition) is 0. The quantitative estimate of drug-likeness (QED) is 0.0682. The van der Waals surface area contributed by atoms with Crippen LogP contribution in [0.5, 0.6) is 0 Å². The van der Waals surface area contributed by atoms with Gasteiger partial charge in [0.15, 0.2) is 0 Å². The Kier molecular flexibility index (Phi) is 13.4. The molecule has 8 aromatic carbocycles. The summed E-state index contributed by atoms with van der Waals surface area (Å²) < 4.78 is 11.4. The van der Waals surface area contributed by atoms with Crippen molar-refractivity contribution in [3.63, 3.8) is 0 Å². The molecule has 13 aromatic rings. The van der Waals surface area contributed by atoms with E-state index >= 15 is 0 Å². The van der Waals surface area contributed by atoms with Gasteiger partial charge in [-0.2, -0.15) is 0 Å². The normalized spacial score (nSPS) is 11.3. The van der Waals surface area contributed by atoms with E-state index < -0.39 is 11.3 Å². The zero-order chi connectivity index (χ0) is 51.0. The molecule has 0 amide bonds. The Labute approximate surface area is 457 Å². The average Bonchev–Trinajstić information content (AvgIpc) is 3.51. The standard InChI is InChI=1S/C69H44N3O4.Ir/c73-68-60-38-46(41-71-66(60)57-19-9-11-21-64(57)75-68)25-23-44-35-45(24-26-47-39-61-67(72-42-47)58-20-10-12-22-65(58)76-69(61)74)37-54(36-44)55-17-7-8-18-56(55)62-43-70-63(53-15-5-2-6-16-53)40-59(62)52-33-31-51(32-34-52)50-29-27-49(28-30-50)48-13-3-1-4-14-48;/h1-15,17-18,21-22,27-43H,23-26H2;/q-3;+3. The fourth-order valence-corrected chi connectivity index (χ4v) is 10.4. The minimum Gasteiger partial charge on any atom is -0.472 e. The first-order chi connectivity index (χ1) is 37.5. The average molecular weight is 1170 g/mol. The number of pyridine rings is 3. The molecular weight excluding hydrogens is 1130 g/mol. The number of hydrogen-bond acceptors (Lipinski definition) is 7. The monoisotopic (exact) mass is 1170 g/mol. The van der Waals surface area contributed by atoms with Crippen LogP contribution in [0.15, 0.2) is 237 Å². The summed E-state index contributed by atoms with van der Waals surface area (Å²) in [6, 6.07) is 77.8. The Morgan fingerprint density at radius 2 is 0.857 bits per heavy atom. The molecule has 0 aliphatic heterocycles. The Balaban J connectivity index is 0.00000596. The summed E-state index contributed by atoms with van der Waals surface area (Å²) in [6.07, 6.45) is 8.34. The van der Waals surface area contributed by atoms with Crippen molar-refractivity contribution in [3.8, 4) is 66.9 Å². The van der Waals surface area contributed by atoms with Crippen LogP contribution in [0.3, 0.4) is 0 Å². The van der Waals surface area contributed by atoms with Crippen LogP contribution in [-0.4, -0.2) is 15.0 Å². The van der Waals surface area contributed by atoms with Crippen LogP contribution in [0.2, 0.25) is 0 Å². The van der Waals surface area contributed by atoms with Gasteiger partial charge < -0.3 is 23.8 Å². The van der Waals surface area contributed by atoms with Gasteiger partial charge >= 0.3 is 31.4 Å². The van der Waals surface area contributed by atoms with E-state index in [9.17, 15) is 9.59 Å². The third kappa shape index (κ3) is 9.84. The summed E-state index contributed by atoms with van der Waals surface area (Å²) in [5, 5.41) is 2.24. The fraction of sp³-hybridized carbons (Fsp3) is 0.0580.